The van der Waals surface area contributed by atoms with E-state index >= 15 is 0 Å². The number of ether oxygens (including phenoxy) is 1. The Bertz CT molecular complexity index is 1370. The number of amides is 1. The average molecular weight is 469 g/mol. The van der Waals surface area contributed by atoms with Gasteiger partial charge in [-0.2, -0.15) is 5.10 Å². The van der Waals surface area contributed by atoms with E-state index < -0.39 is 0 Å². The Morgan fingerprint density at radius 1 is 1.06 bits per heavy atom. The summed E-state index contributed by atoms with van der Waals surface area (Å²) in [6, 6.07) is 15.0. The van der Waals surface area contributed by atoms with Gasteiger partial charge >= 0.3 is 0 Å². The molecular weight excluding hydrogens is 444 g/mol. The molecule has 2 atom stereocenters. The normalized spacial score (nSPS) is 20.1. The first kappa shape index (κ1) is 21.4. The molecule has 5 heterocycles. The number of aromatic nitrogens is 5. The van der Waals surface area contributed by atoms with Crippen LogP contribution in [0, 0.1) is 0 Å². The average Bonchev–Trinajstić information content (AvgIpc) is 3.56. The van der Waals surface area contributed by atoms with Gasteiger partial charge in [0.15, 0.2) is 6.23 Å². The SMILES string of the molecule is O=C1NC(c2cc(/C=C/c3nnc(-c4ccccn4)o3)n(C3CCCCO3)n2)Cc2ccccc21. The minimum atomic E-state index is -0.214. The van der Waals surface area contributed by atoms with Crippen LogP contribution in [-0.4, -0.2) is 37.5 Å². The van der Waals surface area contributed by atoms with Crippen molar-refractivity contribution in [3.05, 3.63) is 83.1 Å². The van der Waals surface area contributed by atoms with E-state index in [1.807, 2.05) is 59.3 Å². The third-order valence-corrected chi connectivity index (χ3v) is 6.28. The second-order valence-corrected chi connectivity index (χ2v) is 8.64. The third kappa shape index (κ3) is 4.38. The van der Waals surface area contributed by atoms with Crippen molar-refractivity contribution < 1.29 is 13.9 Å². The van der Waals surface area contributed by atoms with Crippen molar-refractivity contribution in [3.8, 4) is 11.6 Å². The summed E-state index contributed by atoms with van der Waals surface area (Å²) in [4.78, 5) is 16.9. The molecule has 0 radical (unpaired) electrons. The van der Waals surface area contributed by atoms with Gasteiger partial charge in [0.25, 0.3) is 11.8 Å². The standard InChI is InChI=1S/C26H24N6O3/c33-25-19-8-2-1-7-17(19)15-21(28-25)22-16-18(32(31-22)24-10-4-6-14-34-24)11-12-23-29-30-26(35-23)20-9-3-5-13-27-20/h1-3,5,7-9,11-13,16,21,24H,4,6,10,14-15H2,(H,28,33)/b12-11+. The van der Waals surface area contributed by atoms with Crippen molar-refractivity contribution in [2.75, 3.05) is 6.61 Å². The number of carbonyl (C=O) groups is 1. The quantitative estimate of drug-likeness (QED) is 0.467. The molecule has 0 aliphatic carbocycles. The van der Waals surface area contributed by atoms with Crippen LogP contribution in [0.15, 0.2) is 59.1 Å². The number of pyridine rings is 1. The molecule has 2 unspecified atom stereocenters. The number of hydrogen-bond acceptors (Lipinski definition) is 7. The van der Waals surface area contributed by atoms with E-state index in [9.17, 15) is 4.79 Å². The zero-order valence-corrected chi connectivity index (χ0v) is 19.0. The Kier molecular flexibility index (Phi) is 5.67. The molecule has 1 saturated heterocycles. The molecule has 35 heavy (non-hydrogen) atoms. The van der Waals surface area contributed by atoms with Crippen LogP contribution >= 0.6 is 0 Å². The molecule has 2 aliphatic rings. The molecule has 1 aromatic carbocycles. The predicted octanol–water partition coefficient (Wildman–Crippen LogP) is 4.22. The maximum atomic E-state index is 12.7. The molecule has 6 rings (SSSR count). The van der Waals surface area contributed by atoms with Crippen LogP contribution in [0.25, 0.3) is 23.7 Å². The summed E-state index contributed by atoms with van der Waals surface area (Å²) in [7, 11) is 0. The van der Waals surface area contributed by atoms with Gasteiger partial charge in [0.1, 0.15) is 5.69 Å². The number of hydrogen-bond donors (Lipinski definition) is 1. The predicted molar refractivity (Wildman–Crippen MR) is 128 cm³/mol. The molecule has 0 bridgehead atoms. The molecule has 2 aliphatic heterocycles. The van der Waals surface area contributed by atoms with Crippen molar-refractivity contribution in [2.45, 2.75) is 38.0 Å². The highest BCUT2D eigenvalue weighted by Crippen LogP contribution is 2.30. The van der Waals surface area contributed by atoms with E-state index in [0.29, 0.717) is 30.5 Å². The summed E-state index contributed by atoms with van der Waals surface area (Å²) in [6.07, 6.45) is 8.86. The lowest BCUT2D eigenvalue weighted by Crippen LogP contribution is -2.35. The topological polar surface area (TPSA) is 108 Å². The molecule has 1 amide bonds. The van der Waals surface area contributed by atoms with Gasteiger partial charge in [0, 0.05) is 24.4 Å². The van der Waals surface area contributed by atoms with Gasteiger partial charge in [-0.25, -0.2) is 4.68 Å². The Hall–Kier alpha value is -4.11. The second kappa shape index (κ2) is 9.27. The van der Waals surface area contributed by atoms with Gasteiger partial charge in [-0.1, -0.05) is 24.3 Å². The highest BCUT2D eigenvalue weighted by Gasteiger charge is 2.28. The van der Waals surface area contributed by atoms with Crippen LogP contribution in [0.5, 0.6) is 0 Å². The number of nitrogens with zero attached hydrogens (tertiary/aromatic N) is 5. The molecule has 1 N–H and O–H groups in total. The zero-order valence-electron chi connectivity index (χ0n) is 19.0. The van der Waals surface area contributed by atoms with Gasteiger partial charge in [-0.05, 0) is 61.6 Å². The van der Waals surface area contributed by atoms with E-state index in [4.69, 9.17) is 14.3 Å². The van der Waals surface area contributed by atoms with Crippen molar-refractivity contribution in [1.82, 2.24) is 30.3 Å². The molecule has 9 heteroatoms. The van der Waals surface area contributed by atoms with E-state index in [2.05, 4.69) is 20.5 Å². The molecule has 3 aromatic heterocycles. The highest BCUT2D eigenvalue weighted by atomic mass is 16.5. The van der Waals surface area contributed by atoms with E-state index in [1.165, 1.54) is 0 Å². The number of benzene rings is 1. The fourth-order valence-electron chi connectivity index (χ4n) is 4.53. The van der Waals surface area contributed by atoms with E-state index in [0.717, 1.165) is 41.8 Å². The van der Waals surface area contributed by atoms with Gasteiger partial charge < -0.3 is 14.5 Å². The first-order valence-electron chi connectivity index (χ1n) is 11.8. The van der Waals surface area contributed by atoms with Crippen LogP contribution < -0.4 is 5.32 Å². The van der Waals surface area contributed by atoms with Crippen LogP contribution in [-0.2, 0) is 11.2 Å². The van der Waals surface area contributed by atoms with Crippen LogP contribution in [0.2, 0.25) is 0 Å². The molecule has 176 valence electrons. The van der Waals surface area contributed by atoms with Gasteiger partial charge in [-0.15, -0.1) is 10.2 Å². The number of nitrogens with one attached hydrogen (secondary N) is 1. The minimum Gasteiger partial charge on any atom is -0.415 e. The molecule has 9 nitrogen and oxygen atoms in total. The van der Waals surface area contributed by atoms with E-state index in [-0.39, 0.29) is 18.2 Å². The molecule has 0 saturated carbocycles. The maximum Gasteiger partial charge on any atom is 0.266 e. The Morgan fingerprint density at radius 3 is 2.83 bits per heavy atom. The summed E-state index contributed by atoms with van der Waals surface area (Å²) in [6.45, 7) is 0.702. The summed E-state index contributed by atoms with van der Waals surface area (Å²) in [5, 5.41) is 16.2. The van der Waals surface area contributed by atoms with Crippen LogP contribution in [0.1, 0.15) is 64.7 Å². The van der Waals surface area contributed by atoms with Gasteiger partial charge in [0.2, 0.25) is 5.89 Å². The van der Waals surface area contributed by atoms with Crippen LogP contribution in [0.3, 0.4) is 0 Å². The lowest BCUT2D eigenvalue weighted by Gasteiger charge is -2.25. The lowest BCUT2D eigenvalue weighted by molar-refractivity contribution is -0.0401. The van der Waals surface area contributed by atoms with Crippen molar-refractivity contribution >= 4 is 18.1 Å². The lowest BCUT2D eigenvalue weighted by atomic mass is 9.93. The number of fused-ring (bicyclic) bond motifs is 1. The van der Waals surface area contributed by atoms with Gasteiger partial charge in [-0.3, -0.25) is 9.78 Å². The summed E-state index contributed by atoms with van der Waals surface area (Å²) < 4.78 is 13.7. The largest absolute Gasteiger partial charge is 0.415 e. The van der Waals surface area contributed by atoms with Crippen molar-refractivity contribution in [3.63, 3.8) is 0 Å². The Balaban J connectivity index is 1.30. The molecule has 1 fully saturated rings. The van der Waals surface area contributed by atoms with Crippen molar-refractivity contribution in [1.29, 1.82) is 0 Å². The summed E-state index contributed by atoms with van der Waals surface area (Å²) in [5.41, 5.74) is 4.00. The number of rotatable bonds is 5. The fraction of sp³-hybridized carbons (Fsp3) is 0.269. The number of carbonyl (C=O) groups excluding carboxylic acids is 1. The molecule has 0 spiro atoms. The molecular formula is C26H24N6O3. The van der Waals surface area contributed by atoms with Crippen LogP contribution in [0.4, 0.5) is 0 Å². The minimum absolute atomic E-state index is 0.0784. The monoisotopic (exact) mass is 468 g/mol. The third-order valence-electron chi connectivity index (χ3n) is 6.28. The molecule has 4 aromatic rings. The summed E-state index contributed by atoms with van der Waals surface area (Å²) in [5.74, 6) is 0.647. The highest BCUT2D eigenvalue weighted by molar-refractivity contribution is 5.97. The van der Waals surface area contributed by atoms with Gasteiger partial charge in [0.05, 0.1) is 17.4 Å². The fourth-order valence-corrected chi connectivity index (χ4v) is 4.53. The smallest absolute Gasteiger partial charge is 0.266 e. The zero-order chi connectivity index (χ0) is 23.6. The van der Waals surface area contributed by atoms with E-state index in [1.54, 1.807) is 12.3 Å². The summed E-state index contributed by atoms with van der Waals surface area (Å²) >= 11 is 0. The first-order chi connectivity index (χ1) is 17.2. The second-order valence-electron chi connectivity index (χ2n) is 8.64. The Labute approximate surface area is 201 Å². The van der Waals surface area contributed by atoms with Crippen molar-refractivity contribution in [2.24, 2.45) is 0 Å². The first-order valence-corrected chi connectivity index (χ1v) is 11.8. The Morgan fingerprint density at radius 2 is 1.97 bits per heavy atom. The maximum absolute atomic E-state index is 12.7.